The predicted molar refractivity (Wildman–Crippen MR) is 67.6 cm³/mol. The highest BCUT2D eigenvalue weighted by Gasteiger charge is 2.10. The van der Waals surface area contributed by atoms with Gasteiger partial charge in [0.15, 0.2) is 0 Å². The lowest BCUT2D eigenvalue weighted by Crippen LogP contribution is -2.07. The first-order valence-corrected chi connectivity index (χ1v) is 6.44. The van der Waals surface area contributed by atoms with Crippen molar-refractivity contribution >= 4 is 21.9 Å². The molecule has 0 aliphatic rings. The fourth-order valence-corrected chi connectivity index (χ4v) is 1.64. The molecule has 0 spiro atoms. The summed E-state index contributed by atoms with van der Waals surface area (Å²) in [4.78, 5) is 11.6. The Morgan fingerprint density at radius 2 is 2.18 bits per heavy atom. The first-order chi connectivity index (χ1) is 8.21. The number of esters is 1. The fourth-order valence-electron chi connectivity index (χ4n) is 1.32. The molecule has 5 heteroatoms. The Morgan fingerprint density at radius 3 is 2.76 bits per heavy atom. The van der Waals surface area contributed by atoms with Crippen molar-refractivity contribution in [2.75, 3.05) is 19.8 Å². The average Bonchev–Trinajstić information content (AvgIpc) is 2.36. The van der Waals surface area contributed by atoms with Gasteiger partial charge in [-0.1, -0.05) is 15.9 Å². The van der Waals surface area contributed by atoms with E-state index in [1.54, 1.807) is 19.1 Å². The Bertz CT molecular complexity index is 379. The summed E-state index contributed by atoms with van der Waals surface area (Å²) in [6.07, 6.45) is 0. The topological polar surface area (TPSA) is 55.8 Å². The smallest absolute Gasteiger partial charge is 0.338 e. The van der Waals surface area contributed by atoms with Crippen LogP contribution in [0.1, 0.15) is 22.8 Å². The van der Waals surface area contributed by atoms with Crippen LogP contribution in [0, 0.1) is 0 Å². The van der Waals surface area contributed by atoms with Crippen molar-refractivity contribution < 1.29 is 19.4 Å². The normalized spacial score (nSPS) is 10.1. The van der Waals surface area contributed by atoms with Crippen LogP contribution >= 0.6 is 15.9 Å². The Morgan fingerprint density at radius 1 is 1.41 bits per heavy atom. The second-order valence-corrected chi connectivity index (χ2v) is 3.85. The van der Waals surface area contributed by atoms with Gasteiger partial charge in [0.25, 0.3) is 0 Å². The number of ether oxygens (including phenoxy) is 2. The number of rotatable bonds is 6. The summed E-state index contributed by atoms with van der Waals surface area (Å²) in [7, 11) is 0. The molecular formula is C12H15BrO4. The van der Waals surface area contributed by atoms with Gasteiger partial charge in [-0.2, -0.15) is 0 Å². The van der Waals surface area contributed by atoms with E-state index in [2.05, 4.69) is 15.9 Å². The van der Waals surface area contributed by atoms with Crippen LogP contribution in [0.25, 0.3) is 0 Å². The van der Waals surface area contributed by atoms with Gasteiger partial charge in [0, 0.05) is 5.33 Å². The second-order valence-electron chi connectivity index (χ2n) is 3.29. The molecule has 0 aliphatic heterocycles. The monoisotopic (exact) mass is 302 g/mol. The molecule has 0 heterocycles. The summed E-state index contributed by atoms with van der Waals surface area (Å²) in [5.41, 5.74) is 1.38. The third kappa shape index (κ3) is 4.36. The molecule has 0 unspecified atom stereocenters. The van der Waals surface area contributed by atoms with E-state index in [4.69, 9.17) is 14.6 Å². The molecule has 0 bridgehead atoms. The second kappa shape index (κ2) is 7.29. The summed E-state index contributed by atoms with van der Waals surface area (Å²) in [6.45, 7) is 2.24. The number of halogens is 1. The van der Waals surface area contributed by atoms with Crippen LogP contribution in [0.15, 0.2) is 18.2 Å². The Labute approximate surface area is 109 Å². The van der Waals surface area contributed by atoms with Crippen LogP contribution in [0.5, 0.6) is 5.75 Å². The van der Waals surface area contributed by atoms with Crippen molar-refractivity contribution in [3.63, 3.8) is 0 Å². The van der Waals surface area contributed by atoms with Gasteiger partial charge < -0.3 is 14.6 Å². The summed E-state index contributed by atoms with van der Waals surface area (Å²) in [5, 5.41) is 9.31. The Kier molecular flexibility index (Phi) is 6.00. The maximum Gasteiger partial charge on any atom is 0.338 e. The Balaban J connectivity index is 2.92. The number of hydrogen-bond acceptors (Lipinski definition) is 4. The van der Waals surface area contributed by atoms with Crippen molar-refractivity contribution in [2.24, 2.45) is 0 Å². The first-order valence-electron chi connectivity index (χ1n) is 5.32. The van der Waals surface area contributed by atoms with Crippen molar-refractivity contribution in [3.8, 4) is 5.75 Å². The van der Waals surface area contributed by atoms with Crippen LogP contribution in [0.2, 0.25) is 0 Å². The van der Waals surface area contributed by atoms with Gasteiger partial charge in [0.1, 0.15) is 12.4 Å². The third-order valence-electron chi connectivity index (χ3n) is 1.99. The van der Waals surface area contributed by atoms with Gasteiger partial charge >= 0.3 is 5.97 Å². The molecule has 0 saturated carbocycles. The molecule has 0 amide bonds. The zero-order chi connectivity index (χ0) is 12.7. The highest BCUT2D eigenvalue weighted by atomic mass is 79.9. The molecule has 94 valence electrons. The lowest BCUT2D eigenvalue weighted by Gasteiger charge is -2.09. The zero-order valence-electron chi connectivity index (χ0n) is 9.61. The predicted octanol–water partition coefficient (Wildman–Crippen LogP) is 2.13. The maximum atomic E-state index is 11.6. The van der Waals surface area contributed by atoms with Crippen LogP contribution in [0.3, 0.4) is 0 Å². The van der Waals surface area contributed by atoms with Crippen LogP contribution in [-0.2, 0) is 10.1 Å². The molecule has 4 nitrogen and oxygen atoms in total. The SMILES string of the molecule is CCOC(=O)c1cc(CBr)cc(OCCO)c1. The molecule has 1 N–H and O–H groups in total. The standard InChI is InChI=1S/C12H15BrO4/c1-2-16-12(15)10-5-9(8-13)6-11(7-10)17-4-3-14/h5-7,14H,2-4,8H2,1H3. The van der Waals surface area contributed by atoms with E-state index in [-0.39, 0.29) is 19.2 Å². The minimum absolute atomic E-state index is 0.0622. The molecule has 17 heavy (non-hydrogen) atoms. The number of aliphatic hydroxyl groups excluding tert-OH is 1. The summed E-state index contributed by atoms with van der Waals surface area (Å²) < 4.78 is 10.2. The van der Waals surface area contributed by atoms with Crippen molar-refractivity contribution in [3.05, 3.63) is 29.3 Å². The van der Waals surface area contributed by atoms with Gasteiger partial charge in [0.05, 0.1) is 18.8 Å². The quantitative estimate of drug-likeness (QED) is 0.646. The molecule has 0 saturated heterocycles. The van der Waals surface area contributed by atoms with Gasteiger partial charge in [-0.15, -0.1) is 0 Å². The minimum Gasteiger partial charge on any atom is -0.491 e. The van der Waals surface area contributed by atoms with E-state index in [0.29, 0.717) is 23.2 Å². The summed E-state index contributed by atoms with van der Waals surface area (Å²) in [5.74, 6) is 0.184. The minimum atomic E-state index is -0.371. The zero-order valence-corrected chi connectivity index (χ0v) is 11.2. The maximum absolute atomic E-state index is 11.6. The number of benzene rings is 1. The molecule has 1 rings (SSSR count). The molecule has 0 fully saturated rings. The van der Waals surface area contributed by atoms with E-state index < -0.39 is 0 Å². The summed E-state index contributed by atoms with van der Waals surface area (Å²) in [6, 6.07) is 5.17. The van der Waals surface area contributed by atoms with E-state index in [1.165, 1.54) is 0 Å². The molecule has 1 aromatic carbocycles. The highest BCUT2D eigenvalue weighted by molar-refractivity contribution is 9.08. The van der Waals surface area contributed by atoms with Crippen LogP contribution in [-0.4, -0.2) is 30.9 Å². The average molecular weight is 303 g/mol. The number of carbonyl (C=O) groups is 1. The third-order valence-corrected chi connectivity index (χ3v) is 2.64. The molecule has 0 atom stereocenters. The molecule has 0 aromatic heterocycles. The van der Waals surface area contributed by atoms with E-state index in [0.717, 1.165) is 5.56 Å². The van der Waals surface area contributed by atoms with Gasteiger partial charge in [-0.3, -0.25) is 0 Å². The van der Waals surface area contributed by atoms with E-state index in [1.807, 2.05) is 6.07 Å². The molecule has 0 radical (unpaired) electrons. The van der Waals surface area contributed by atoms with Crippen LogP contribution in [0.4, 0.5) is 0 Å². The highest BCUT2D eigenvalue weighted by Crippen LogP contribution is 2.20. The van der Waals surface area contributed by atoms with Crippen molar-refractivity contribution in [1.29, 1.82) is 0 Å². The molecule has 0 aliphatic carbocycles. The molecular weight excluding hydrogens is 288 g/mol. The van der Waals surface area contributed by atoms with Crippen molar-refractivity contribution in [1.82, 2.24) is 0 Å². The number of carbonyl (C=O) groups excluding carboxylic acids is 1. The van der Waals surface area contributed by atoms with Gasteiger partial charge in [0.2, 0.25) is 0 Å². The fraction of sp³-hybridized carbons (Fsp3) is 0.417. The number of hydrogen-bond donors (Lipinski definition) is 1. The van der Waals surface area contributed by atoms with Gasteiger partial charge in [-0.05, 0) is 30.7 Å². The Hall–Kier alpha value is -1.07. The molecule has 1 aromatic rings. The van der Waals surface area contributed by atoms with E-state index >= 15 is 0 Å². The van der Waals surface area contributed by atoms with E-state index in [9.17, 15) is 4.79 Å². The summed E-state index contributed by atoms with van der Waals surface area (Å²) >= 11 is 3.33. The number of alkyl halides is 1. The first kappa shape index (κ1) is 14.0. The number of aliphatic hydroxyl groups is 1. The lowest BCUT2D eigenvalue weighted by molar-refractivity contribution is 0.0525. The van der Waals surface area contributed by atoms with Crippen molar-refractivity contribution in [2.45, 2.75) is 12.3 Å². The van der Waals surface area contributed by atoms with Crippen LogP contribution < -0.4 is 4.74 Å². The van der Waals surface area contributed by atoms with Gasteiger partial charge in [-0.25, -0.2) is 4.79 Å². The largest absolute Gasteiger partial charge is 0.491 e. The lowest BCUT2D eigenvalue weighted by atomic mass is 10.1.